The molecule has 0 saturated heterocycles. The maximum atomic E-state index is 12.0. The Labute approximate surface area is 148 Å². The highest BCUT2D eigenvalue weighted by Gasteiger charge is 2.19. The molecule has 0 aliphatic rings. The van der Waals surface area contributed by atoms with Gasteiger partial charge in [-0.1, -0.05) is 42.5 Å². The number of urea groups is 1. The summed E-state index contributed by atoms with van der Waals surface area (Å²) in [4.78, 5) is 25.7. The second-order valence-corrected chi connectivity index (χ2v) is 5.96. The van der Waals surface area contributed by atoms with Crippen LogP contribution in [0.3, 0.4) is 0 Å². The molecular weight excluding hydrogens is 316 g/mol. The van der Waals surface area contributed by atoms with Gasteiger partial charge in [0.15, 0.2) is 0 Å². The molecule has 25 heavy (non-hydrogen) atoms. The Bertz CT molecular complexity index is 699. The molecule has 2 aromatic carbocycles. The average Bonchev–Trinajstić information content (AvgIpc) is 2.60. The molecule has 0 aromatic heterocycles. The van der Waals surface area contributed by atoms with E-state index in [4.69, 9.17) is 5.73 Å². The van der Waals surface area contributed by atoms with Crippen LogP contribution in [0.4, 0.5) is 10.5 Å². The Morgan fingerprint density at radius 2 is 1.68 bits per heavy atom. The smallest absolute Gasteiger partial charge is 0.315 e. The summed E-state index contributed by atoms with van der Waals surface area (Å²) in [6, 6.07) is 15.8. The maximum absolute atomic E-state index is 12.0. The van der Waals surface area contributed by atoms with Crippen LogP contribution in [0, 0.1) is 0 Å². The van der Waals surface area contributed by atoms with Crippen LogP contribution >= 0.6 is 0 Å². The summed E-state index contributed by atoms with van der Waals surface area (Å²) < 4.78 is 0. The van der Waals surface area contributed by atoms with E-state index in [2.05, 4.69) is 10.6 Å². The van der Waals surface area contributed by atoms with Gasteiger partial charge >= 0.3 is 6.03 Å². The summed E-state index contributed by atoms with van der Waals surface area (Å²) in [5.74, 6) is -0.597. The Morgan fingerprint density at radius 1 is 1.04 bits per heavy atom. The third-order valence-corrected chi connectivity index (χ3v) is 3.84. The fourth-order valence-electron chi connectivity index (χ4n) is 2.43. The number of nitrogens with zero attached hydrogens (tertiary/aromatic N) is 1. The summed E-state index contributed by atoms with van der Waals surface area (Å²) in [6.45, 7) is 0.466. The summed E-state index contributed by atoms with van der Waals surface area (Å²) in [5.41, 5.74) is 8.30. The highest BCUT2D eigenvalue weighted by atomic mass is 16.2. The Morgan fingerprint density at radius 3 is 2.24 bits per heavy atom. The van der Waals surface area contributed by atoms with Crippen molar-refractivity contribution in [2.75, 3.05) is 25.5 Å². The number of nitrogens with two attached hydrogens (primary N) is 1. The number of amides is 3. The van der Waals surface area contributed by atoms with Crippen molar-refractivity contribution < 1.29 is 9.59 Å². The van der Waals surface area contributed by atoms with E-state index in [-0.39, 0.29) is 0 Å². The first-order valence-electron chi connectivity index (χ1n) is 8.12. The molecule has 0 fully saturated rings. The number of rotatable bonds is 7. The summed E-state index contributed by atoms with van der Waals surface area (Å²) in [5, 5.41) is 5.37. The molecular formula is C19H24N4O2. The zero-order valence-corrected chi connectivity index (χ0v) is 14.5. The normalized spacial score (nSPS) is 11.4. The zero-order valence-electron chi connectivity index (χ0n) is 14.5. The molecule has 0 radical (unpaired) electrons. The second-order valence-electron chi connectivity index (χ2n) is 5.96. The van der Waals surface area contributed by atoms with Gasteiger partial charge in [-0.15, -0.1) is 0 Å². The Balaban J connectivity index is 1.84. The van der Waals surface area contributed by atoms with Crippen molar-refractivity contribution in [2.24, 2.45) is 5.73 Å². The summed E-state index contributed by atoms with van der Waals surface area (Å²) in [6.07, 6.45) is 0.702. The van der Waals surface area contributed by atoms with E-state index in [1.165, 1.54) is 0 Å². The van der Waals surface area contributed by atoms with Gasteiger partial charge in [-0.2, -0.15) is 0 Å². The van der Waals surface area contributed by atoms with Crippen LogP contribution in [-0.4, -0.2) is 32.6 Å². The van der Waals surface area contributed by atoms with Crippen LogP contribution in [0.2, 0.25) is 0 Å². The highest BCUT2D eigenvalue weighted by Crippen LogP contribution is 2.13. The van der Waals surface area contributed by atoms with Crippen molar-refractivity contribution in [2.45, 2.75) is 12.5 Å². The van der Waals surface area contributed by atoms with E-state index in [0.29, 0.717) is 18.5 Å². The molecule has 1 atom stereocenters. The second kappa shape index (κ2) is 8.73. The van der Waals surface area contributed by atoms with Crippen LogP contribution in [0.1, 0.15) is 17.2 Å². The first-order chi connectivity index (χ1) is 12.0. The highest BCUT2D eigenvalue weighted by molar-refractivity contribution is 5.86. The van der Waals surface area contributed by atoms with E-state index < -0.39 is 18.0 Å². The minimum absolute atomic E-state index is 0.419. The molecule has 132 valence electrons. The number of hydrogen-bond acceptors (Lipinski definition) is 3. The fourth-order valence-corrected chi connectivity index (χ4v) is 2.43. The monoisotopic (exact) mass is 340 g/mol. The van der Waals surface area contributed by atoms with Crippen LogP contribution < -0.4 is 21.3 Å². The van der Waals surface area contributed by atoms with Gasteiger partial charge in [0, 0.05) is 26.3 Å². The van der Waals surface area contributed by atoms with Crippen molar-refractivity contribution in [1.82, 2.24) is 10.6 Å². The summed E-state index contributed by atoms with van der Waals surface area (Å²) >= 11 is 0. The largest absolute Gasteiger partial charge is 0.378 e. The Hall–Kier alpha value is -3.02. The van der Waals surface area contributed by atoms with Gasteiger partial charge in [-0.3, -0.25) is 4.79 Å². The third kappa shape index (κ3) is 5.53. The fraction of sp³-hybridized carbons (Fsp3) is 0.263. The summed E-state index contributed by atoms with van der Waals surface area (Å²) in [7, 11) is 3.98. The number of carbonyl (C=O) groups is 2. The number of hydrogen-bond donors (Lipinski definition) is 3. The molecule has 0 bridgehead atoms. The molecule has 0 aliphatic carbocycles. The standard InChI is InChI=1S/C19H24N4O2/c1-23(2)16-10-8-14(9-11-16)12-13-21-19(25)22-17(18(20)24)15-6-4-3-5-7-15/h3-11,17H,12-13H2,1-2H3,(H2,20,24)(H2,21,22,25)/t17-/m0/s1. The molecule has 3 amide bonds. The van der Waals surface area contributed by atoms with E-state index >= 15 is 0 Å². The number of nitrogens with one attached hydrogen (secondary N) is 2. The van der Waals surface area contributed by atoms with E-state index in [0.717, 1.165) is 11.3 Å². The minimum Gasteiger partial charge on any atom is -0.378 e. The topological polar surface area (TPSA) is 87.5 Å². The van der Waals surface area contributed by atoms with E-state index in [1.807, 2.05) is 49.3 Å². The van der Waals surface area contributed by atoms with Crippen molar-refractivity contribution in [3.8, 4) is 0 Å². The van der Waals surface area contributed by atoms with E-state index in [1.54, 1.807) is 24.3 Å². The molecule has 4 N–H and O–H groups in total. The van der Waals surface area contributed by atoms with Crippen LogP contribution in [0.15, 0.2) is 54.6 Å². The van der Waals surface area contributed by atoms with Gasteiger partial charge in [0.25, 0.3) is 0 Å². The van der Waals surface area contributed by atoms with Crippen molar-refractivity contribution >= 4 is 17.6 Å². The van der Waals surface area contributed by atoms with Crippen LogP contribution in [0.25, 0.3) is 0 Å². The van der Waals surface area contributed by atoms with Gasteiger partial charge in [0.1, 0.15) is 6.04 Å². The predicted molar refractivity (Wildman–Crippen MR) is 99.4 cm³/mol. The van der Waals surface area contributed by atoms with Crippen molar-refractivity contribution in [3.05, 3.63) is 65.7 Å². The average molecular weight is 340 g/mol. The van der Waals surface area contributed by atoms with Crippen molar-refractivity contribution in [1.29, 1.82) is 0 Å². The van der Waals surface area contributed by atoms with Gasteiger partial charge in [0.2, 0.25) is 5.91 Å². The lowest BCUT2D eigenvalue weighted by atomic mass is 10.1. The van der Waals surface area contributed by atoms with Crippen molar-refractivity contribution in [3.63, 3.8) is 0 Å². The van der Waals surface area contributed by atoms with E-state index in [9.17, 15) is 9.59 Å². The lowest BCUT2D eigenvalue weighted by molar-refractivity contribution is -0.119. The Kier molecular flexibility index (Phi) is 6.39. The lowest BCUT2D eigenvalue weighted by Gasteiger charge is -2.16. The van der Waals surface area contributed by atoms with Gasteiger partial charge in [0.05, 0.1) is 0 Å². The minimum atomic E-state index is -0.847. The van der Waals surface area contributed by atoms with Gasteiger partial charge in [-0.05, 0) is 29.7 Å². The quantitative estimate of drug-likeness (QED) is 0.718. The first-order valence-corrected chi connectivity index (χ1v) is 8.12. The molecule has 6 heteroatoms. The molecule has 0 aliphatic heterocycles. The maximum Gasteiger partial charge on any atom is 0.315 e. The zero-order chi connectivity index (χ0) is 18.2. The molecule has 6 nitrogen and oxygen atoms in total. The lowest BCUT2D eigenvalue weighted by Crippen LogP contribution is -2.43. The van der Waals surface area contributed by atoms with Gasteiger partial charge < -0.3 is 21.3 Å². The van der Waals surface area contributed by atoms with Crippen LogP contribution in [0.5, 0.6) is 0 Å². The molecule has 2 rings (SSSR count). The number of benzene rings is 2. The van der Waals surface area contributed by atoms with Gasteiger partial charge in [-0.25, -0.2) is 4.79 Å². The molecule has 0 spiro atoms. The molecule has 0 saturated carbocycles. The number of carbonyl (C=O) groups excluding carboxylic acids is 2. The molecule has 2 aromatic rings. The third-order valence-electron chi connectivity index (χ3n) is 3.84. The molecule has 0 unspecified atom stereocenters. The number of primary amides is 1. The molecule has 0 heterocycles. The SMILES string of the molecule is CN(C)c1ccc(CCNC(=O)N[C@H](C(N)=O)c2ccccc2)cc1. The number of anilines is 1. The van der Waals surface area contributed by atoms with Crippen LogP contribution in [-0.2, 0) is 11.2 Å². The first kappa shape index (κ1) is 18.3. The predicted octanol–water partition coefficient (Wildman–Crippen LogP) is 1.82.